The lowest BCUT2D eigenvalue weighted by molar-refractivity contribution is -0.146. The Kier molecular flexibility index (Phi) is 3.10. The largest absolute Gasteiger partial charge is 0.479 e. The minimum absolute atomic E-state index is 0.505. The monoisotopic (exact) mass is 246 g/mol. The SMILES string of the molecule is CC(C)(C(=O)O)n1nnnc1Cc1ccccc1. The van der Waals surface area contributed by atoms with Crippen LogP contribution in [0.15, 0.2) is 30.3 Å². The van der Waals surface area contributed by atoms with Crippen molar-refractivity contribution in [3.63, 3.8) is 0 Å². The number of carboxylic acid groups (broad SMARTS) is 1. The average Bonchev–Trinajstić information content (AvgIpc) is 2.79. The molecule has 0 aliphatic rings. The van der Waals surface area contributed by atoms with E-state index >= 15 is 0 Å². The molecule has 1 aromatic carbocycles. The van der Waals surface area contributed by atoms with Gasteiger partial charge >= 0.3 is 5.97 Å². The molecule has 0 spiro atoms. The Labute approximate surface area is 104 Å². The maximum Gasteiger partial charge on any atom is 0.331 e. The summed E-state index contributed by atoms with van der Waals surface area (Å²) in [7, 11) is 0. The maximum atomic E-state index is 11.2. The number of tetrazole rings is 1. The molecule has 0 atom stereocenters. The molecule has 2 rings (SSSR count). The van der Waals surface area contributed by atoms with Crippen molar-refractivity contribution in [3.05, 3.63) is 41.7 Å². The summed E-state index contributed by atoms with van der Waals surface area (Å²) < 4.78 is 1.35. The van der Waals surface area contributed by atoms with Gasteiger partial charge in [-0.2, -0.15) is 0 Å². The van der Waals surface area contributed by atoms with Crippen molar-refractivity contribution in [1.29, 1.82) is 0 Å². The molecule has 6 nitrogen and oxygen atoms in total. The van der Waals surface area contributed by atoms with E-state index in [1.54, 1.807) is 13.8 Å². The van der Waals surface area contributed by atoms with Gasteiger partial charge in [0, 0.05) is 6.42 Å². The fraction of sp³-hybridized carbons (Fsp3) is 0.333. The maximum absolute atomic E-state index is 11.2. The molecule has 18 heavy (non-hydrogen) atoms. The van der Waals surface area contributed by atoms with Crippen molar-refractivity contribution in [2.75, 3.05) is 0 Å². The molecule has 0 aliphatic heterocycles. The minimum atomic E-state index is -1.16. The lowest BCUT2D eigenvalue weighted by Gasteiger charge is -2.20. The molecule has 94 valence electrons. The van der Waals surface area contributed by atoms with E-state index in [1.807, 2.05) is 30.3 Å². The lowest BCUT2D eigenvalue weighted by Crippen LogP contribution is -2.38. The van der Waals surface area contributed by atoms with E-state index in [9.17, 15) is 9.90 Å². The van der Waals surface area contributed by atoms with Crippen LogP contribution in [0.25, 0.3) is 0 Å². The van der Waals surface area contributed by atoms with Crippen LogP contribution in [0, 0.1) is 0 Å². The van der Waals surface area contributed by atoms with Crippen molar-refractivity contribution in [3.8, 4) is 0 Å². The molecular weight excluding hydrogens is 232 g/mol. The molecule has 0 aliphatic carbocycles. The van der Waals surface area contributed by atoms with Crippen LogP contribution in [0.2, 0.25) is 0 Å². The van der Waals surface area contributed by atoms with Gasteiger partial charge in [0.15, 0.2) is 11.4 Å². The van der Waals surface area contributed by atoms with E-state index in [4.69, 9.17) is 0 Å². The van der Waals surface area contributed by atoms with Gasteiger partial charge in [-0.05, 0) is 29.8 Å². The number of carbonyl (C=O) groups is 1. The van der Waals surface area contributed by atoms with Crippen molar-refractivity contribution in [2.45, 2.75) is 25.8 Å². The summed E-state index contributed by atoms with van der Waals surface area (Å²) in [4.78, 5) is 11.2. The number of hydrogen-bond acceptors (Lipinski definition) is 4. The van der Waals surface area contributed by atoms with Gasteiger partial charge in [0.2, 0.25) is 0 Å². The van der Waals surface area contributed by atoms with Crippen LogP contribution in [0.1, 0.15) is 25.2 Å². The number of hydrogen-bond donors (Lipinski definition) is 1. The predicted molar refractivity (Wildman–Crippen MR) is 64.0 cm³/mol. The first-order chi connectivity index (χ1) is 8.51. The molecule has 1 N–H and O–H groups in total. The van der Waals surface area contributed by atoms with E-state index in [-0.39, 0.29) is 0 Å². The van der Waals surface area contributed by atoms with E-state index in [0.29, 0.717) is 12.2 Å². The van der Waals surface area contributed by atoms with Crippen LogP contribution in [-0.4, -0.2) is 31.3 Å². The highest BCUT2D eigenvalue weighted by molar-refractivity contribution is 5.75. The smallest absolute Gasteiger partial charge is 0.331 e. The van der Waals surface area contributed by atoms with Crippen LogP contribution >= 0.6 is 0 Å². The Hall–Kier alpha value is -2.24. The number of carboxylic acids is 1. The standard InChI is InChI=1S/C12H14N4O2/c1-12(2,11(17)18)16-10(13-14-15-16)8-9-6-4-3-5-7-9/h3-7H,8H2,1-2H3,(H,17,18). The van der Waals surface area contributed by atoms with Gasteiger partial charge < -0.3 is 5.11 Å². The molecule has 0 unspecified atom stereocenters. The summed E-state index contributed by atoms with van der Waals surface area (Å²) in [5, 5.41) is 20.4. The van der Waals surface area contributed by atoms with Gasteiger partial charge in [-0.1, -0.05) is 30.3 Å². The van der Waals surface area contributed by atoms with Crippen LogP contribution in [0.4, 0.5) is 0 Å². The second-order valence-electron chi connectivity index (χ2n) is 4.53. The summed E-state index contributed by atoms with van der Waals surface area (Å²) in [5.41, 5.74) is -0.122. The number of benzene rings is 1. The fourth-order valence-corrected chi connectivity index (χ4v) is 1.62. The molecule has 0 saturated heterocycles. The third kappa shape index (κ3) is 2.22. The van der Waals surface area contributed by atoms with Crippen LogP contribution in [0.5, 0.6) is 0 Å². The highest BCUT2D eigenvalue weighted by Crippen LogP contribution is 2.17. The highest BCUT2D eigenvalue weighted by Gasteiger charge is 2.33. The lowest BCUT2D eigenvalue weighted by atomic mass is 10.1. The normalized spacial score (nSPS) is 11.4. The zero-order valence-electron chi connectivity index (χ0n) is 10.2. The number of rotatable bonds is 4. The van der Waals surface area contributed by atoms with E-state index in [0.717, 1.165) is 5.56 Å². The van der Waals surface area contributed by atoms with Gasteiger partial charge in [-0.15, -0.1) is 5.10 Å². The Morgan fingerprint density at radius 1 is 1.33 bits per heavy atom. The first kappa shape index (κ1) is 12.2. The topological polar surface area (TPSA) is 80.9 Å². The van der Waals surface area contributed by atoms with Gasteiger partial charge in [-0.3, -0.25) is 0 Å². The average molecular weight is 246 g/mol. The number of aromatic nitrogens is 4. The van der Waals surface area contributed by atoms with Crippen molar-refractivity contribution < 1.29 is 9.90 Å². The number of nitrogens with zero attached hydrogens (tertiary/aromatic N) is 4. The molecule has 1 aromatic heterocycles. The summed E-state index contributed by atoms with van der Waals surface area (Å²) in [6, 6.07) is 9.67. The summed E-state index contributed by atoms with van der Waals surface area (Å²) in [5.74, 6) is -0.433. The number of aliphatic carboxylic acids is 1. The minimum Gasteiger partial charge on any atom is -0.479 e. The molecule has 0 fully saturated rings. The second kappa shape index (κ2) is 4.56. The predicted octanol–water partition coefficient (Wildman–Crippen LogP) is 1.08. The third-order valence-corrected chi connectivity index (χ3v) is 2.79. The third-order valence-electron chi connectivity index (χ3n) is 2.79. The molecule has 0 radical (unpaired) electrons. The molecule has 0 bridgehead atoms. The molecule has 2 aromatic rings. The van der Waals surface area contributed by atoms with E-state index in [1.165, 1.54) is 4.68 Å². The Balaban J connectivity index is 2.32. The molecule has 0 saturated carbocycles. The Bertz CT molecular complexity index is 548. The van der Waals surface area contributed by atoms with E-state index in [2.05, 4.69) is 15.5 Å². The van der Waals surface area contributed by atoms with Gasteiger partial charge in [0.25, 0.3) is 0 Å². The molecule has 6 heteroatoms. The van der Waals surface area contributed by atoms with Gasteiger partial charge in [0.05, 0.1) is 0 Å². The summed E-state index contributed by atoms with van der Waals surface area (Å²) >= 11 is 0. The fourth-order valence-electron chi connectivity index (χ4n) is 1.62. The van der Waals surface area contributed by atoms with E-state index < -0.39 is 11.5 Å². The van der Waals surface area contributed by atoms with Gasteiger partial charge in [-0.25, -0.2) is 9.48 Å². The van der Waals surface area contributed by atoms with Crippen LogP contribution in [-0.2, 0) is 16.8 Å². The highest BCUT2D eigenvalue weighted by atomic mass is 16.4. The summed E-state index contributed by atoms with van der Waals surface area (Å²) in [6.45, 7) is 3.14. The summed E-state index contributed by atoms with van der Waals surface area (Å²) in [6.07, 6.45) is 0.505. The quantitative estimate of drug-likeness (QED) is 0.873. The second-order valence-corrected chi connectivity index (χ2v) is 4.53. The molecule has 0 amide bonds. The Morgan fingerprint density at radius 3 is 2.61 bits per heavy atom. The van der Waals surface area contributed by atoms with Crippen molar-refractivity contribution in [1.82, 2.24) is 20.2 Å². The van der Waals surface area contributed by atoms with Crippen molar-refractivity contribution >= 4 is 5.97 Å². The zero-order valence-corrected chi connectivity index (χ0v) is 10.2. The first-order valence-corrected chi connectivity index (χ1v) is 5.57. The van der Waals surface area contributed by atoms with Crippen molar-refractivity contribution in [2.24, 2.45) is 0 Å². The Morgan fingerprint density at radius 2 is 2.00 bits per heavy atom. The molecular formula is C12H14N4O2. The van der Waals surface area contributed by atoms with Crippen LogP contribution in [0.3, 0.4) is 0 Å². The molecule has 1 heterocycles. The van der Waals surface area contributed by atoms with Gasteiger partial charge in [0.1, 0.15) is 0 Å². The zero-order chi connectivity index (χ0) is 13.2. The first-order valence-electron chi connectivity index (χ1n) is 5.57. The van der Waals surface area contributed by atoms with Crippen LogP contribution < -0.4 is 0 Å².